The van der Waals surface area contributed by atoms with E-state index in [4.69, 9.17) is 0 Å². The first-order chi connectivity index (χ1) is 6.20. The van der Waals surface area contributed by atoms with Crippen LogP contribution in [-0.4, -0.2) is 4.98 Å². The van der Waals surface area contributed by atoms with E-state index in [1.807, 2.05) is 0 Å². The largest absolute Gasteiger partial charge is 0.241 e. The molecule has 0 saturated carbocycles. The van der Waals surface area contributed by atoms with E-state index in [1.54, 1.807) is 11.3 Å². The number of aromatic nitrogens is 1. The maximum Gasteiger partial charge on any atom is 0.0935 e. The molecular weight excluding hydrogens is 246 g/mol. The van der Waals surface area contributed by atoms with Crippen molar-refractivity contribution in [3.05, 3.63) is 27.2 Å². The van der Waals surface area contributed by atoms with Gasteiger partial charge in [-0.25, -0.2) is 4.98 Å². The molecule has 68 valence electrons. The van der Waals surface area contributed by atoms with Gasteiger partial charge in [0.05, 0.1) is 15.2 Å². The predicted molar refractivity (Wildman–Crippen MR) is 61.4 cm³/mol. The summed E-state index contributed by atoms with van der Waals surface area (Å²) in [6, 6.07) is 4.29. The summed E-state index contributed by atoms with van der Waals surface area (Å²) in [5.41, 5.74) is 2.39. The molecule has 0 aliphatic carbocycles. The van der Waals surface area contributed by atoms with Crippen molar-refractivity contribution in [2.24, 2.45) is 0 Å². The molecule has 0 fully saturated rings. The molecule has 1 aromatic heterocycles. The SMILES string of the molecule is CCc1nc2cc(Br)c(C)cc2s1. The third-order valence-electron chi connectivity index (χ3n) is 2.02. The Labute approximate surface area is 89.9 Å². The lowest BCUT2D eigenvalue weighted by Crippen LogP contribution is -1.76. The molecule has 3 heteroatoms. The van der Waals surface area contributed by atoms with Crippen molar-refractivity contribution < 1.29 is 0 Å². The van der Waals surface area contributed by atoms with Gasteiger partial charge < -0.3 is 0 Å². The number of halogens is 1. The fourth-order valence-electron chi connectivity index (χ4n) is 1.25. The van der Waals surface area contributed by atoms with Crippen LogP contribution in [0.2, 0.25) is 0 Å². The molecule has 0 bridgehead atoms. The maximum atomic E-state index is 4.52. The van der Waals surface area contributed by atoms with Crippen LogP contribution in [0.4, 0.5) is 0 Å². The van der Waals surface area contributed by atoms with E-state index in [-0.39, 0.29) is 0 Å². The third kappa shape index (κ3) is 1.63. The zero-order chi connectivity index (χ0) is 9.42. The average molecular weight is 256 g/mol. The molecule has 0 aliphatic heterocycles. The van der Waals surface area contributed by atoms with Crippen LogP contribution in [-0.2, 0) is 6.42 Å². The van der Waals surface area contributed by atoms with Gasteiger partial charge in [0.2, 0.25) is 0 Å². The Morgan fingerprint density at radius 2 is 2.23 bits per heavy atom. The normalized spacial score (nSPS) is 11.0. The highest BCUT2D eigenvalue weighted by molar-refractivity contribution is 9.10. The highest BCUT2D eigenvalue weighted by atomic mass is 79.9. The number of fused-ring (bicyclic) bond motifs is 1. The van der Waals surface area contributed by atoms with E-state index in [0.29, 0.717) is 0 Å². The van der Waals surface area contributed by atoms with E-state index in [2.05, 4.69) is 46.9 Å². The van der Waals surface area contributed by atoms with Gasteiger partial charge in [0.1, 0.15) is 0 Å². The van der Waals surface area contributed by atoms with Crippen LogP contribution in [0.15, 0.2) is 16.6 Å². The monoisotopic (exact) mass is 255 g/mol. The fraction of sp³-hybridized carbons (Fsp3) is 0.300. The summed E-state index contributed by atoms with van der Waals surface area (Å²) in [5, 5.41) is 1.22. The first-order valence-electron chi connectivity index (χ1n) is 4.26. The summed E-state index contributed by atoms with van der Waals surface area (Å²) < 4.78 is 2.44. The lowest BCUT2D eigenvalue weighted by molar-refractivity contribution is 1.11. The highest BCUT2D eigenvalue weighted by Gasteiger charge is 2.04. The summed E-state index contributed by atoms with van der Waals surface area (Å²) in [4.78, 5) is 4.52. The molecular formula is C10H10BrNS. The number of aryl methyl sites for hydroxylation is 2. The van der Waals surface area contributed by atoms with Crippen LogP contribution in [0.5, 0.6) is 0 Å². The third-order valence-corrected chi connectivity index (χ3v) is 4.03. The van der Waals surface area contributed by atoms with Crippen LogP contribution in [0.1, 0.15) is 17.5 Å². The molecule has 1 heterocycles. The topological polar surface area (TPSA) is 12.9 Å². The molecule has 0 spiro atoms. The predicted octanol–water partition coefficient (Wildman–Crippen LogP) is 3.93. The quantitative estimate of drug-likeness (QED) is 0.753. The Morgan fingerprint density at radius 1 is 1.46 bits per heavy atom. The van der Waals surface area contributed by atoms with Gasteiger partial charge in [0.25, 0.3) is 0 Å². The van der Waals surface area contributed by atoms with Gasteiger partial charge in [-0.2, -0.15) is 0 Å². The van der Waals surface area contributed by atoms with Crippen molar-refractivity contribution in [3.63, 3.8) is 0 Å². The summed E-state index contributed by atoms with van der Waals surface area (Å²) in [6.45, 7) is 4.24. The minimum Gasteiger partial charge on any atom is -0.241 e. The van der Waals surface area contributed by atoms with Crippen molar-refractivity contribution in [2.75, 3.05) is 0 Å². The van der Waals surface area contributed by atoms with Crippen LogP contribution in [0.25, 0.3) is 10.2 Å². The number of nitrogens with zero attached hydrogens (tertiary/aromatic N) is 1. The van der Waals surface area contributed by atoms with Crippen LogP contribution >= 0.6 is 27.3 Å². The van der Waals surface area contributed by atoms with Crippen LogP contribution in [0, 0.1) is 6.92 Å². The number of hydrogen-bond acceptors (Lipinski definition) is 2. The van der Waals surface area contributed by atoms with E-state index in [1.165, 1.54) is 15.3 Å². The maximum absolute atomic E-state index is 4.52. The second kappa shape index (κ2) is 3.39. The second-order valence-electron chi connectivity index (χ2n) is 3.03. The summed E-state index contributed by atoms with van der Waals surface area (Å²) in [7, 11) is 0. The standard InChI is InChI=1S/C10H10BrNS/c1-3-10-12-8-5-7(11)6(2)4-9(8)13-10/h4-5H,3H2,1-2H3. The summed E-state index contributed by atoms with van der Waals surface area (Å²) >= 11 is 5.30. The van der Waals surface area contributed by atoms with Gasteiger partial charge in [0.15, 0.2) is 0 Å². The number of thiazole rings is 1. The van der Waals surface area contributed by atoms with Gasteiger partial charge >= 0.3 is 0 Å². The minimum absolute atomic E-state index is 1.02. The number of hydrogen-bond donors (Lipinski definition) is 0. The van der Waals surface area contributed by atoms with E-state index in [9.17, 15) is 0 Å². The molecule has 0 N–H and O–H groups in total. The molecule has 0 amide bonds. The van der Waals surface area contributed by atoms with Gasteiger partial charge in [-0.1, -0.05) is 22.9 Å². The number of rotatable bonds is 1. The highest BCUT2D eigenvalue weighted by Crippen LogP contribution is 2.28. The summed E-state index contributed by atoms with van der Waals surface area (Å²) in [6.07, 6.45) is 1.02. The van der Waals surface area contributed by atoms with E-state index in [0.717, 1.165) is 16.4 Å². The molecule has 0 aliphatic rings. The Hall–Kier alpha value is -0.410. The van der Waals surface area contributed by atoms with Gasteiger partial charge in [-0.05, 0) is 31.0 Å². The molecule has 0 atom stereocenters. The average Bonchev–Trinajstić information content (AvgIpc) is 2.48. The minimum atomic E-state index is 1.02. The Bertz CT molecular complexity index is 408. The zero-order valence-corrected chi connectivity index (χ0v) is 10.00. The molecule has 1 aromatic carbocycles. The Morgan fingerprint density at radius 3 is 2.92 bits per heavy atom. The van der Waals surface area contributed by atoms with Gasteiger partial charge in [0, 0.05) is 4.47 Å². The molecule has 2 rings (SSSR count). The van der Waals surface area contributed by atoms with Crippen molar-refractivity contribution in [2.45, 2.75) is 20.3 Å². The van der Waals surface area contributed by atoms with Crippen molar-refractivity contribution >= 4 is 37.5 Å². The van der Waals surface area contributed by atoms with Crippen molar-refractivity contribution in [1.29, 1.82) is 0 Å². The summed E-state index contributed by atoms with van der Waals surface area (Å²) in [5.74, 6) is 0. The first kappa shape index (κ1) is 9.16. The molecule has 0 unspecified atom stereocenters. The Balaban J connectivity index is 2.70. The fourth-order valence-corrected chi connectivity index (χ4v) is 2.57. The molecule has 0 radical (unpaired) electrons. The Kier molecular flexibility index (Phi) is 2.39. The van der Waals surface area contributed by atoms with E-state index < -0.39 is 0 Å². The van der Waals surface area contributed by atoms with Gasteiger partial charge in [-0.15, -0.1) is 11.3 Å². The lowest BCUT2D eigenvalue weighted by Gasteiger charge is -1.95. The van der Waals surface area contributed by atoms with Crippen molar-refractivity contribution in [3.8, 4) is 0 Å². The first-order valence-corrected chi connectivity index (χ1v) is 5.87. The van der Waals surface area contributed by atoms with Crippen molar-refractivity contribution in [1.82, 2.24) is 4.98 Å². The van der Waals surface area contributed by atoms with Gasteiger partial charge in [-0.3, -0.25) is 0 Å². The number of benzene rings is 1. The lowest BCUT2D eigenvalue weighted by atomic mass is 10.2. The van der Waals surface area contributed by atoms with Crippen LogP contribution in [0.3, 0.4) is 0 Å². The molecule has 1 nitrogen and oxygen atoms in total. The smallest absolute Gasteiger partial charge is 0.0935 e. The molecule has 0 saturated heterocycles. The second-order valence-corrected chi connectivity index (χ2v) is 5.00. The molecule has 13 heavy (non-hydrogen) atoms. The van der Waals surface area contributed by atoms with Crippen LogP contribution < -0.4 is 0 Å². The zero-order valence-electron chi connectivity index (χ0n) is 7.60. The van der Waals surface area contributed by atoms with E-state index >= 15 is 0 Å². The molecule has 2 aromatic rings.